The molecule has 2 aliphatic rings. The lowest BCUT2D eigenvalue weighted by atomic mass is 10.1. The Balaban J connectivity index is 1.53. The second-order valence-corrected chi connectivity index (χ2v) is 5.70. The zero-order chi connectivity index (χ0) is 13.1. The molecule has 3 heteroatoms. The molecule has 2 unspecified atom stereocenters. The first-order valence-corrected chi connectivity index (χ1v) is 7.55. The molecule has 1 fully saturated rings. The summed E-state index contributed by atoms with van der Waals surface area (Å²) in [6.45, 7) is 6.78. The van der Waals surface area contributed by atoms with Crippen molar-refractivity contribution in [2.24, 2.45) is 0 Å². The van der Waals surface area contributed by atoms with Gasteiger partial charge >= 0.3 is 0 Å². The molecule has 0 amide bonds. The van der Waals surface area contributed by atoms with E-state index in [-0.39, 0.29) is 0 Å². The molecule has 0 aromatic heterocycles. The Morgan fingerprint density at radius 2 is 2.21 bits per heavy atom. The number of para-hydroxylation sites is 1. The van der Waals surface area contributed by atoms with Gasteiger partial charge in [0.2, 0.25) is 0 Å². The summed E-state index contributed by atoms with van der Waals surface area (Å²) in [5, 5.41) is 3.62. The van der Waals surface area contributed by atoms with Gasteiger partial charge in [-0.2, -0.15) is 0 Å². The van der Waals surface area contributed by atoms with Crippen molar-refractivity contribution in [3.8, 4) is 5.75 Å². The summed E-state index contributed by atoms with van der Waals surface area (Å²) in [5.74, 6) is 1.09. The van der Waals surface area contributed by atoms with Gasteiger partial charge in [0.1, 0.15) is 11.9 Å². The smallest absolute Gasteiger partial charge is 0.123 e. The van der Waals surface area contributed by atoms with Gasteiger partial charge in [-0.3, -0.25) is 4.90 Å². The summed E-state index contributed by atoms with van der Waals surface area (Å²) >= 11 is 0. The third-order valence-corrected chi connectivity index (χ3v) is 4.32. The maximum atomic E-state index is 6.04. The molecular formula is C16H24N2O. The number of nitrogens with zero attached hydrogens (tertiary/aromatic N) is 1. The normalized spacial score (nSPS) is 27.6. The van der Waals surface area contributed by atoms with Crippen molar-refractivity contribution in [1.82, 2.24) is 10.2 Å². The van der Waals surface area contributed by atoms with Gasteiger partial charge < -0.3 is 10.1 Å². The maximum absolute atomic E-state index is 6.04. The van der Waals surface area contributed by atoms with E-state index >= 15 is 0 Å². The van der Waals surface area contributed by atoms with Crippen LogP contribution in [0.3, 0.4) is 0 Å². The van der Waals surface area contributed by atoms with Crippen LogP contribution in [-0.4, -0.2) is 43.2 Å². The van der Waals surface area contributed by atoms with Crippen LogP contribution in [0.4, 0.5) is 0 Å². The van der Waals surface area contributed by atoms with Crippen LogP contribution in [0, 0.1) is 0 Å². The van der Waals surface area contributed by atoms with E-state index in [1.54, 1.807) is 0 Å². The molecule has 0 radical (unpaired) electrons. The fourth-order valence-electron chi connectivity index (χ4n) is 3.15. The monoisotopic (exact) mass is 260 g/mol. The van der Waals surface area contributed by atoms with Crippen molar-refractivity contribution in [3.63, 3.8) is 0 Å². The molecular weight excluding hydrogens is 236 g/mol. The second kappa shape index (κ2) is 5.93. The summed E-state index contributed by atoms with van der Waals surface area (Å²) in [4.78, 5) is 2.55. The minimum absolute atomic E-state index is 0.343. The van der Waals surface area contributed by atoms with Crippen molar-refractivity contribution >= 4 is 0 Å². The maximum Gasteiger partial charge on any atom is 0.123 e. The summed E-state index contributed by atoms with van der Waals surface area (Å²) in [7, 11) is 0. The number of hydrogen-bond acceptors (Lipinski definition) is 3. The third-order valence-electron chi connectivity index (χ3n) is 4.32. The molecule has 19 heavy (non-hydrogen) atoms. The zero-order valence-electron chi connectivity index (χ0n) is 11.8. The highest BCUT2D eigenvalue weighted by atomic mass is 16.5. The number of benzene rings is 1. The molecule has 0 saturated carbocycles. The summed E-state index contributed by atoms with van der Waals surface area (Å²) in [6, 6.07) is 9.14. The fraction of sp³-hybridized carbons (Fsp3) is 0.625. The first-order chi connectivity index (χ1) is 9.35. The number of hydrogen-bond donors (Lipinski definition) is 1. The van der Waals surface area contributed by atoms with Gasteiger partial charge in [-0.1, -0.05) is 25.1 Å². The van der Waals surface area contributed by atoms with Gasteiger partial charge in [-0.15, -0.1) is 0 Å². The Kier molecular flexibility index (Phi) is 4.04. The molecule has 3 rings (SSSR count). The van der Waals surface area contributed by atoms with Gasteiger partial charge in [-0.05, 0) is 31.0 Å². The number of rotatable bonds is 3. The van der Waals surface area contributed by atoms with Crippen LogP contribution in [0.1, 0.15) is 25.3 Å². The minimum Gasteiger partial charge on any atom is -0.488 e. The van der Waals surface area contributed by atoms with Crippen molar-refractivity contribution in [3.05, 3.63) is 29.8 Å². The van der Waals surface area contributed by atoms with Crippen LogP contribution in [0.5, 0.6) is 5.75 Å². The van der Waals surface area contributed by atoms with E-state index < -0.39 is 0 Å². The largest absolute Gasteiger partial charge is 0.488 e. The molecule has 2 aliphatic heterocycles. The lowest BCUT2D eigenvalue weighted by Crippen LogP contribution is -2.37. The van der Waals surface area contributed by atoms with Crippen LogP contribution in [0.15, 0.2) is 24.3 Å². The minimum atomic E-state index is 0.343. The fourth-order valence-corrected chi connectivity index (χ4v) is 3.15. The molecule has 1 aromatic carbocycles. The van der Waals surface area contributed by atoms with Crippen molar-refractivity contribution in [2.45, 2.75) is 38.3 Å². The Morgan fingerprint density at radius 3 is 3.05 bits per heavy atom. The molecule has 1 saturated heterocycles. The van der Waals surface area contributed by atoms with Crippen molar-refractivity contribution in [1.29, 1.82) is 0 Å². The predicted octanol–water partition coefficient (Wildman–Crippen LogP) is 2.06. The van der Waals surface area contributed by atoms with Crippen LogP contribution < -0.4 is 10.1 Å². The van der Waals surface area contributed by atoms with Gasteiger partial charge in [-0.25, -0.2) is 0 Å². The van der Waals surface area contributed by atoms with Crippen LogP contribution >= 0.6 is 0 Å². The molecule has 0 spiro atoms. The highest BCUT2D eigenvalue weighted by molar-refractivity contribution is 5.37. The van der Waals surface area contributed by atoms with Crippen molar-refractivity contribution in [2.75, 3.05) is 26.2 Å². The summed E-state index contributed by atoms with van der Waals surface area (Å²) < 4.78 is 6.04. The molecule has 1 N–H and O–H groups in total. The average molecular weight is 260 g/mol. The SMILES string of the molecule is CCC1CCN(CC2Cc3ccccc3O2)CCN1. The van der Waals surface area contributed by atoms with Crippen molar-refractivity contribution < 1.29 is 4.74 Å². The van der Waals surface area contributed by atoms with Gasteiger partial charge in [0.25, 0.3) is 0 Å². The topological polar surface area (TPSA) is 24.5 Å². The average Bonchev–Trinajstić information content (AvgIpc) is 2.70. The molecule has 2 atom stereocenters. The third kappa shape index (κ3) is 3.10. The number of nitrogens with one attached hydrogen (secondary N) is 1. The van der Waals surface area contributed by atoms with Gasteiger partial charge in [0.05, 0.1) is 0 Å². The zero-order valence-corrected chi connectivity index (χ0v) is 11.8. The lowest BCUT2D eigenvalue weighted by molar-refractivity contribution is 0.155. The van der Waals surface area contributed by atoms with Crippen LogP contribution in [0.25, 0.3) is 0 Å². The Morgan fingerprint density at radius 1 is 1.32 bits per heavy atom. The van der Waals surface area contributed by atoms with E-state index in [0.29, 0.717) is 12.1 Å². The number of ether oxygens (including phenoxy) is 1. The summed E-state index contributed by atoms with van der Waals surface area (Å²) in [5.41, 5.74) is 1.37. The Bertz CT molecular complexity index is 396. The standard InChI is InChI=1S/C16H24N2O/c1-2-14-7-9-18(10-8-17-14)12-15-11-13-5-3-4-6-16(13)19-15/h3-6,14-15,17H,2,7-12H2,1H3. The van der Waals surface area contributed by atoms with Crippen LogP contribution in [0.2, 0.25) is 0 Å². The Labute approximate surface area is 115 Å². The van der Waals surface area contributed by atoms with Gasteiger partial charge in [0.15, 0.2) is 0 Å². The second-order valence-electron chi connectivity index (χ2n) is 5.70. The highest BCUT2D eigenvalue weighted by Crippen LogP contribution is 2.28. The molecule has 3 nitrogen and oxygen atoms in total. The highest BCUT2D eigenvalue weighted by Gasteiger charge is 2.25. The van der Waals surface area contributed by atoms with E-state index in [2.05, 4.69) is 41.4 Å². The van der Waals surface area contributed by atoms with Crippen LogP contribution in [-0.2, 0) is 6.42 Å². The van der Waals surface area contributed by atoms with E-state index in [0.717, 1.165) is 31.8 Å². The Hall–Kier alpha value is -1.06. The lowest BCUT2D eigenvalue weighted by Gasteiger charge is -2.23. The molecule has 2 heterocycles. The van der Waals surface area contributed by atoms with Gasteiger partial charge in [0, 0.05) is 32.1 Å². The molecule has 1 aromatic rings. The number of fused-ring (bicyclic) bond motifs is 1. The van der Waals surface area contributed by atoms with E-state index in [1.165, 1.54) is 24.9 Å². The molecule has 0 bridgehead atoms. The van der Waals surface area contributed by atoms with E-state index in [9.17, 15) is 0 Å². The molecule has 0 aliphatic carbocycles. The quantitative estimate of drug-likeness (QED) is 0.900. The molecule has 104 valence electrons. The predicted molar refractivity (Wildman–Crippen MR) is 77.7 cm³/mol. The van der Waals surface area contributed by atoms with E-state index in [4.69, 9.17) is 4.74 Å². The first-order valence-electron chi connectivity index (χ1n) is 7.55. The van der Waals surface area contributed by atoms with E-state index in [1.807, 2.05) is 0 Å². The summed E-state index contributed by atoms with van der Waals surface area (Å²) in [6.07, 6.45) is 3.91. The first kappa shape index (κ1) is 12.9.